The Labute approximate surface area is 124 Å². The highest BCUT2D eigenvalue weighted by molar-refractivity contribution is 6.31. The predicted molar refractivity (Wildman–Crippen MR) is 79.2 cm³/mol. The highest BCUT2D eigenvalue weighted by atomic mass is 35.5. The highest BCUT2D eigenvalue weighted by Crippen LogP contribution is 2.55. The van der Waals surface area contributed by atoms with Crippen LogP contribution in [0.1, 0.15) is 44.1 Å². The molecule has 0 unspecified atom stereocenters. The molecule has 4 bridgehead atoms. The molecule has 3 heteroatoms. The first-order chi connectivity index (χ1) is 9.63. The number of halogens is 2. The van der Waals surface area contributed by atoms with Gasteiger partial charge < -0.3 is 5.32 Å². The lowest BCUT2D eigenvalue weighted by atomic mass is 9.53. The summed E-state index contributed by atoms with van der Waals surface area (Å²) >= 11 is 6.14. The monoisotopic (exact) mass is 293 g/mol. The topological polar surface area (TPSA) is 12.0 Å². The quantitative estimate of drug-likeness (QED) is 0.863. The molecule has 108 valence electrons. The van der Waals surface area contributed by atoms with Gasteiger partial charge in [-0.1, -0.05) is 17.7 Å². The molecular weight excluding hydrogens is 273 g/mol. The van der Waals surface area contributed by atoms with E-state index in [-0.39, 0.29) is 11.4 Å². The van der Waals surface area contributed by atoms with Crippen molar-refractivity contribution < 1.29 is 4.39 Å². The first-order valence-corrected chi connectivity index (χ1v) is 8.19. The van der Waals surface area contributed by atoms with Crippen LogP contribution >= 0.6 is 11.6 Å². The summed E-state index contributed by atoms with van der Waals surface area (Å²) in [5.41, 5.74) is 0.894. The molecule has 1 nitrogen and oxygen atoms in total. The molecule has 4 saturated carbocycles. The zero-order valence-corrected chi connectivity index (χ0v) is 12.4. The first kappa shape index (κ1) is 13.1. The maximum absolute atomic E-state index is 13.9. The number of hydrogen-bond acceptors (Lipinski definition) is 1. The summed E-state index contributed by atoms with van der Waals surface area (Å²) in [5, 5.41) is 4.24. The molecule has 1 N–H and O–H groups in total. The van der Waals surface area contributed by atoms with Crippen molar-refractivity contribution in [2.45, 2.75) is 50.6 Å². The molecule has 1 aromatic carbocycles. The molecule has 0 aliphatic heterocycles. The average Bonchev–Trinajstić information content (AvgIpc) is 2.36. The second-order valence-electron chi connectivity index (χ2n) is 7.25. The largest absolute Gasteiger partial charge is 0.307 e. The number of benzene rings is 1. The Morgan fingerprint density at radius 2 is 1.70 bits per heavy atom. The summed E-state index contributed by atoms with van der Waals surface area (Å²) in [4.78, 5) is 0. The normalized spacial score (nSPS) is 38.4. The average molecular weight is 294 g/mol. The van der Waals surface area contributed by atoms with Crippen molar-refractivity contribution in [3.63, 3.8) is 0 Å². The summed E-state index contributed by atoms with van der Waals surface area (Å²) < 4.78 is 13.9. The van der Waals surface area contributed by atoms with Crippen molar-refractivity contribution in [1.82, 2.24) is 5.32 Å². The summed E-state index contributed by atoms with van der Waals surface area (Å²) in [6, 6.07) is 4.95. The fourth-order valence-corrected chi connectivity index (χ4v) is 5.53. The van der Waals surface area contributed by atoms with Crippen LogP contribution in [0.2, 0.25) is 5.02 Å². The summed E-state index contributed by atoms with van der Waals surface area (Å²) in [5.74, 6) is 2.54. The molecule has 0 atom stereocenters. The maximum Gasteiger partial charge on any atom is 0.129 e. The Morgan fingerprint density at radius 1 is 1.10 bits per heavy atom. The molecule has 0 heterocycles. The number of rotatable bonds is 3. The second kappa shape index (κ2) is 4.71. The lowest BCUT2D eigenvalue weighted by Crippen LogP contribution is -2.58. The molecule has 4 fully saturated rings. The molecule has 20 heavy (non-hydrogen) atoms. The van der Waals surface area contributed by atoms with Crippen LogP contribution in [0, 0.1) is 23.6 Å². The van der Waals surface area contributed by atoms with Gasteiger partial charge in [0.05, 0.1) is 0 Å². The molecule has 0 radical (unpaired) electrons. The molecule has 0 amide bonds. The van der Waals surface area contributed by atoms with Gasteiger partial charge in [-0.05, 0) is 68.4 Å². The van der Waals surface area contributed by atoms with Crippen LogP contribution in [0.15, 0.2) is 18.2 Å². The Balaban J connectivity index is 1.52. The van der Waals surface area contributed by atoms with Crippen molar-refractivity contribution in [3.05, 3.63) is 34.6 Å². The van der Waals surface area contributed by atoms with Crippen molar-refractivity contribution in [1.29, 1.82) is 0 Å². The van der Waals surface area contributed by atoms with E-state index in [4.69, 9.17) is 11.6 Å². The van der Waals surface area contributed by atoms with Crippen LogP contribution in [-0.2, 0) is 6.54 Å². The molecule has 4 aliphatic rings. The predicted octanol–water partition coefficient (Wildman–Crippen LogP) is 4.54. The van der Waals surface area contributed by atoms with Crippen LogP contribution in [0.3, 0.4) is 0 Å². The van der Waals surface area contributed by atoms with Crippen molar-refractivity contribution in [2.75, 3.05) is 0 Å². The summed E-state index contributed by atoms with van der Waals surface area (Å²) in [6.07, 6.45) is 8.14. The summed E-state index contributed by atoms with van der Waals surface area (Å²) in [6.45, 7) is 0.567. The van der Waals surface area contributed by atoms with Crippen LogP contribution < -0.4 is 5.32 Å². The first-order valence-electron chi connectivity index (χ1n) is 7.81. The van der Waals surface area contributed by atoms with E-state index in [9.17, 15) is 4.39 Å². The van der Waals surface area contributed by atoms with Gasteiger partial charge in [-0.25, -0.2) is 4.39 Å². The third kappa shape index (κ3) is 2.17. The molecule has 1 aromatic rings. The van der Waals surface area contributed by atoms with Crippen molar-refractivity contribution >= 4 is 11.6 Å². The molecule has 4 aliphatic carbocycles. The van der Waals surface area contributed by atoms with Crippen molar-refractivity contribution in [2.24, 2.45) is 17.8 Å². The van der Waals surface area contributed by atoms with E-state index in [1.165, 1.54) is 44.6 Å². The van der Waals surface area contributed by atoms with Gasteiger partial charge in [0.1, 0.15) is 5.82 Å². The van der Waals surface area contributed by atoms with E-state index < -0.39 is 0 Å². The molecule has 5 rings (SSSR count). The molecular formula is C17H21ClFN. The fourth-order valence-electron chi connectivity index (χ4n) is 5.30. The van der Waals surface area contributed by atoms with E-state index in [1.807, 2.05) is 0 Å². The van der Waals surface area contributed by atoms with Crippen LogP contribution in [0.25, 0.3) is 0 Å². The third-order valence-electron chi connectivity index (χ3n) is 5.74. The zero-order chi connectivity index (χ0) is 13.7. The van der Waals surface area contributed by atoms with E-state index in [2.05, 4.69) is 5.32 Å². The SMILES string of the molecule is Fc1cccc(Cl)c1CNC12CC3CC(CC(C3)C1)C2. The van der Waals surface area contributed by atoms with Gasteiger partial charge in [-0.15, -0.1) is 0 Å². The fraction of sp³-hybridized carbons (Fsp3) is 0.647. The Morgan fingerprint density at radius 3 is 2.25 bits per heavy atom. The van der Waals surface area contributed by atoms with Crippen LogP contribution in [0.5, 0.6) is 0 Å². The Hall–Kier alpha value is -0.600. The Kier molecular flexibility index (Phi) is 3.08. The standard InChI is InChI=1S/C17H21ClFN/c18-15-2-1-3-16(19)14(15)10-20-17-7-11-4-12(8-17)6-13(5-11)9-17/h1-3,11-13,20H,4-10H2. The lowest BCUT2D eigenvalue weighted by Gasteiger charge is -2.57. The van der Waals surface area contributed by atoms with E-state index in [1.54, 1.807) is 12.1 Å². The van der Waals surface area contributed by atoms with Gasteiger partial charge in [0.25, 0.3) is 0 Å². The highest BCUT2D eigenvalue weighted by Gasteiger charge is 2.50. The molecule has 0 aromatic heterocycles. The van der Waals surface area contributed by atoms with E-state index in [0.717, 1.165) is 17.8 Å². The van der Waals surface area contributed by atoms with Gasteiger partial charge in [0.2, 0.25) is 0 Å². The number of nitrogens with one attached hydrogen (secondary N) is 1. The van der Waals surface area contributed by atoms with Crippen LogP contribution in [0.4, 0.5) is 4.39 Å². The van der Waals surface area contributed by atoms with Crippen molar-refractivity contribution in [3.8, 4) is 0 Å². The van der Waals surface area contributed by atoms with Gasteiger partial charge >= 0.3 is 0 Å². The van der Waals surface area contributed by atoms with Gasteiger partial charge in [0, 0.05) is 22.7 Å². The van der Waals surface area contributed by atoms with Crippen LogP contribution in [-0.4, -0.2) is 5.54 Å². The lowest BCUT2D eigenvalue weighted by molar-refractivity contribution is -0.0207. The minimum atomic E-state index is -0.185. The minimum Gasteiger partial charge on any atom is -0.307 e. The second-order valence-corrected chi connectivity index (χ2v) is 7.66. The van der Waals surface area contributed by atoms with Gasteiger partial charge in [-0.3, -0.25) is 0 Å². The van der Waals surface area contributed by atoms with E-state index in [0.29, 0.717) is 17.1 Å². The maximum atomic E-state index is 13.9. The van der Waals surface area contributed by atoms with E-state index >= 15 is 0 Å². The van der Waals surface area contributed by atoms with Gasteiger partial charge in [0.15, 0.2) is 0 Å². The minimum absolute atomic E-state index is 0.185. The molecule has 0 spiro atoms. The number of hydrogen-bond donors (Lipinski definition) is 1. The zero-order valence-electron chi connectivity index (χ0n) is 11.7. The molecule has 0 saturated heterocycles. The Bertz CT molecular complexity index is 472. The smallest absolute Gasteiger partial charge is 0.129 e. The van der Waals surface area contributed by atoms with Gasteiger partial charge in [-0.2, -0.15) is 0 Å². The summed E-state index contributed by atoms with van der Waals surface area (Å²) in [7, 11) is 0. The third-order valence-corrected chi connectivity index (χ3v) is 6.09.